The number of carbonyl (C=O) groups excluding carboxylic acids is 8. The Morgan fingerprint density at radius 1 is 0.901 bits per heavy atom. The molecule has 2 aromatic carbocycles. The highest BCUT2D eigenvalue weighted by molar-refractivity contribution is 6.12. The van der Waals surface area contributed by atoms with E-state index in [2.05, 4.69) is 5.32 Å². The lowest BCUT2D eigenvalue weighted by atomic mass is 9.44. The molecule has 0 spiro atoms. The number of aliphatic hydroxyl groups excluding tert-OH is 2. The van der Waals surface area contributed by atoms with E-state index in [1.807, 2.05) is 0 Å². The van der Waals surface area contributed by atoms with E-state index in [0.29, 0.717) is 0 Å². The summed E-state index contributed by atoms with van der Waals surface area (Å²) in [7, 11) is 0. The molecular weight excluding hydrogens is 925 g/mol. The number of imide groups is 1. The standard InChI is InChI=1S/C52H62N2O17/c1-28-32(67-46(63)41(68-37(59)21-15-16-24-54-35(57)22-23-36(54)58)39(30-17-11-9-12-18-30)53-47(64)71-48(3,4)5)26-52(65)44(69-45(62)31-19-13-10-14-20-31)42-50(8,43(61)40(60)38(28)49(52,6)7)33(56)25-34-51(42,27-66-34)70-29(2)55/h9-14,17-20,22-23,32-34,39-42,44,56,60,65H,15-16,21,24-27H2,1-8H3,(H,53,64)/t32-,33-,34?,39-,40+,41+,42?,44?,50?,51-,52+/m0/s1. The van der Waals surface area contributed by atoms with Crippen LogP contribution in [0.5, 0.6) is 0 Å². The minimum absolute atomic E-state index is 0.00972. The summed E-state index contributed by atoms with van der Waals surface area (Å²) in [6.07, 6.45) is -9.75. The third-order valence-corrected chi connectivity index (χ3v) is 14.7. The highest BCUT2D eigenvalue weighted by Crippen LogP contribution is 2.64. The number of ether oxygens (including phenoxy) is 6. The van der Waals surface area contributed by atoms with Gasteiger partial charge in [0.25, 0.3) is 11.8 Å². The number of nitrogens with zero attached hydrogens (tertiary/aromatic N) is 1. The molecule has 11 atom stereocenters. The van der Waals surface area contributed by atoms with E-state index in [-0.39, 0.29) is 61.1 Å². The van der Waals surface area contributed by atoms with E-state index in [4.69, 9.17) is 28.4 Å². The van der Waals surface area contributed by atoms with E-state index < -0.39 is 130 Å². The van der Waals surface area contributed by atoms with Crippen LogP contribution >= 0.6 is 0 Å². The van der Waals surface area contributed by atoms with Gasteiger partial charge in [-0.05, 0) is 76.3 Å². The van der Waals surface area contributed by atoms with Gasteiger partial charge in [-0.25, -0.2) is 14.4 Å². The summed E-state index contributed by atoms with van der Waals surface area (Å²) in [6.45, 7) is 11.5. The second-order valence-electron chi connectivity index (χ2n) is 20.7. The highest BCUT2D eigenvalue weighted by Gasteiger charge is 2.78. The first-order valence-corrected chi connectivity index (χ1v) is 23.7. The molecule has 382 valence electrons. The molecule has 2 bridgehead atoms. The molecule has 2 heterocycles. The molecule has 5 aliphatic rings. The topological polar surface area (TPSA) is 268 Å². The van der Waals surface area contributed by atoms with Crippen molar-refractivity contribution in [2.75, 3.05) is 13.2 Å². The Kier molecular flexibility index (Phi) is 14.6. The zero-order valence-corrected chi connectivity index (χ0v) is 41.0. The SMILES string of the molecule is CC(=O)O[C@@]12COC1C[C@H](O)C1(C)C(=O)[C@H](O)C3=C(C)[C@@H](OC(=O)[C@H](OC(=O)CCCCN4C(=O)C=CC4=O)[C@@H](NC(=O)OC(C)(C)C)c4ccccc4)C[C@@](O)(C(OC(=O)c4ccccc4)C12)C3(C)C. The molecule has 2 aromatic rings. The number of benzene rings is 2. The average molecular weight is 987 g/mol. The van der Waals surface area contributed by atoms with Crippen molar-refractivity contribution in [2.24, 2.45) is 16.7 Å². The largest absolute Gasteiger partial charge is 0.455 e. The Balaban J connectivity index is 1.32. The van der Waals surface area contributed by atoms with Gasteiger partial charge < -0.3 is 49.1 Å². The quantitative estimate of drug-likeness (QED) is 0.0687. The van der Waals surface area contributed by atoms with E-state index in [1.54, 1.807) is 69.3 Å². The van der Waals surface area contributed by atoms with E-state index >= 15 is 9.59 Å². The zero-order chi connectivity index (χ0) is 52.0. The first kappa shape index (κ1) is 52.5. The van der Waals surface area contributed by atoms with Gasteiger partial charge in [-0.1, -0.05) is 62.4 Å². The van der Waals surface area contributed by atoms with Crippen LogP contribution in [0.25, 0.3) is 0 Å². The van der Waals surface area contributed by atoms with Crippen molar-refractivity contribution in [3.05, 3.63) is 95.1 Å². The van der Waals surface area contributed by atoms with Crippen molar-refractivity contribution in [1.82, 2.24) is 10.2 Å². The van der Waals surface area contributed by atoms with Crippen molar-refractivity contribution in [1.29, 1.82) is 0 Å². The second kappa shape index (κ2) is 19.7. The summed E-state index contributed by atoms with van der Waals surface area (Å²) in [5.41, 5.74) is -8.80. The number of hydrogen-bond donors (Lipinski definition) is 4. The van der Waals surface area contributed by atoms with Gasteiger partial charge in [0, 0.05) is 50.3 Å². The molecule has 0 radical (unpaired) electrons. The number of fused-ring (bicyclic) bond motifs is 5. The second-order valence-corrected chi connectivity index (χ2v) is 20.7. The van der Waals surface area contributed by atoms with Crippen molar-refractivity contribution in [3.8, 4) is 0 Å². The molecule has 3 aliphatic carbocycles. The Labute approximate surface area is 410 Å². The number of unbranched alkanes of at least 4 members (excludes halogenated alkanes) is 1. The molecule has 19 heteroatoms. The molecule has 1 saturated heterocycles. The summed E-state index contributed by atoms with van der Waals surface area (Å²) in [4.78, 5) is 110. The first-order chi connectivity index (χ1) is 33.3. The van der Waals surface area contributed by atoms with Crippen LogP contribution in [-0.4, -0.2) is 134 Å². The summed E-state index contributed by atoms with van der Waals surface area (Å²) in [5, 5.41) is 40.8. The summed E-state index contributed by atoms with van der Waals surface area (Å²) in [5.74, 6) is -7.51. The lowest BCUT2D eigenvalue weighted by molar-refractivity contribution is -0.346. The van der Waals surface area contributed by atoms with Gasteiger partial charge in [0.2, 0.25) is 6.10 Å². The summed E-state index contributed by atoms with van der Waals surface area (Å²) in [6, 6.07) is 14.3. The maximum absolute atomic E-state index is 15.2. The molecule has 0 aromatic heterocycles. The zero-order valence-electron chi connectivity index (χ0n) is 41.0. The maximum atomic E-state index is 15.2. The van der Waals surface area contributed by atoms with Gasteiger partial charge in [0.1, 0.15) is 41.7 Å². The molecule has 71 heavy (non-hydrogen) atoms. The van der Waals surface area contributed by atoms with Crippen molar-refractivity contribution in [2.45, 2.75) is 147 Å². The minimum Gasteiger partial charge on any atom is -0.455 e. The van der Waals surface area contributed by atoms with Gasteiger partial charge in [-0.2, -0.15) is 0 Å². The normalized spacial score (nSPS) is 30.6. The lowest BCUT2D eigenvalue weighted by Crippen LogP contribution is -2.81. The Morgan fingerprint density at radius 3 is 2.10 bits per heavy atom. The van der Waals surface area contributed by atoms with Crippen LogP contribution in [0.2, 0.25) is 0 Å². The van der Waals surface area contributed by atoms with E-state index in [9.17, 15) is 44.1 Å². The van der Waals surface area contributed by atoms with Crippen LogP contribution in [0.15, 0.2) is 84.0 Å². The van der Waals surface area contributed by atoms with Gasteiger partial charge in [0.05, 0.1) is 29.6 Å². The van der Waals surface area contributed by atoms with Crippen LogP contribution in [0.3, 0.4) is 0 Å². The molecule has 4 unspecified atom stereocenters. The van der Waals surface area contributed by atoms with Crippen LogP contribution in [0.4, 0.5) is 4.79 Å². The third kappa shape index (κ3) is 9.76. The molecular formula is C52H62N2O17. The number of esters is 4. The fourth-order valence-electron chi connectivity index (χ4n) is 11.1. The molecule has 2 saturated carbocycles. The smallest absolute Gasteiger partial charge is 0.408 e. The summed E-state index contributed by atoms with van der Waals surface area (Å²) < 4.78 is 36.1. The van der Waals surface area contributed by atoms with Gasteiger partial charge in [-0.15, -0.1) is 0 Å². The Morgan fingerprint density at radius 2 is 1.52 bits per heavy atom. The van der Waals surface area contributed by atoms with Crippen LogP contribution in [-0.2, 0) is 57.2 Å². The predicted octanol–water partition coefficient (Wildman–Crippen LogP) is 3.91. The van der Waals surface area contributed by atoms with Crippen molar-refractivity contribution >= 4 is 47.6 Å². The number of aliphatic hydroxyl groups is 3. The molecule has 3 fully saturated rings. The molecule has 19 nitrogen and oxygen atoms in total. The Bertz CT molecular complexity index is 2500. The molecule has 3 amide bonds. The van der Waals surface area contributed by atoms with Gasteiger partial charge in [0.15, 0.2) is 11.4 Å². The molecule has 2 aliphatic heterocycles. The number of alkyl carbamates (subject to hydrolysis) is 1. The minimum atomic E-state index is -2.46. The average Bonchev–Trinajstić information content (AvgIpc) is 3.62. The first-order valence-electron chi connectivity index (χ1n) is 23.7. The van der Waals surface area contributed by atoms with Gasteiger partial charge >= 0.3 is 30.0 Å². The monoisotopic (exact) mass is 986 g/mol. The molecule has 7 rings (SSSR count). The maximum Gasteiger partial charge on any atom is 0.408 e. The highest BCUT2D eigenvalue weighted by atomic mass is 16.6. The number of carbonyl (C=O) groups is 8. The fraction of sp³-hybridized carbons (Fsp3) is 0.538. The number of rotatable bonds is 14. The van der Waals surface area contributed by atoms with Crippen molar-refractivity contribution < 1.29 is 82.1 Å². The van der Waals surface area contributed by atoms with Gasteiger partial charge in [-0.3, -0.25) is 28.9 Å². The number of amides is 3. The lowest BCUT2D eigenvalue weighted by Gasteiger charge is -2.67. The third-order valence-electron chi connectivity index (χ3n) is 14.7. The van der Waals surface area contributed by atoms with Crippen molar-refractivity contribution in [3.63, 3.8) is 0 Å². The number of hydrogen-bond acceptors (Lipinski definition) is 17. The van der Waals surface area contributed by atoms with Crippen LogP contribution < -0.4 is 5.32 Å². The van der Waals surface area contributed by atoms with E-state index in [0.717, 1.165) is 24.0 Å². The fourth-order valence-corrected chi connectivity index (χ4v) is 11.1. The van der Waals surface area contributed by atoms with Crippen LogP contribution in [0, 0.1) is 16.7 Å². The summed E-state index contributed by atoms with van der Waals surface area (Å²) >= 11 is 0. The number of ketones is 1. The number of nitrogens with one attached hydrogen (secondary N) is 1. The molecule has 4 N–H and O–H groups in total. The predicted molar refractivity (Wildman–Crippen MR) is 247 cm³/mol. The Hall–Kier alpha value is -6.28. The van der Waals surface area contributed by atoms with E-state index in [1.165, 1.54) is 39.8 Å². The van der Waals surface area contributed by atoms with Crippen LogP contribution in [0.1, 0.15) is 109 Å². The number of Topliss-reactive ketones (excluding diaryl/α,β-unsaturated/α-hetero) is 1.